The first kappa shape index (κ1) is 13.0. The average molecular weight is 256 g/mol. The van der Waals surface area contributed by atoms with Crippen molar-refractivity contribution in [2.45, 2.75) is 12.8 Å². The highest BCUT2D eigenvalue weighted by Gasteiger charge is 2.17. The van der Waals surface area contributed by atoms with Crippen molar-refractivity contribution >= 4 is 17.7 Å². The van der Waals surface area contributed by atoms with E-state index >= 15 is 0 Å². The lowest BCUT2D eigenvalue weighted by atomic mass is 9.99. The SMILES string of the molecule is CN1CCCC(CN=C(N)N2CCSCC2)C1. The Balaban J connectivity index is 1.78. The predicted octanol–water partition coefficient (Wildman–Crippen LogP) is 0.692. The van der Waals surface area contributed by atoms with Crippen LogP contribution in [0.2, 0.25) is 0 Å². The maximum Gasteiger partial charge on any atom is 0.191 e. The van der Waals surface area contributed by atoms with E-state index in [0.717, 1.165) is 25.6 Å². The minimum atomic E-state index is 0.700. The lowest BCUT2D eigenvalue weighted by Crippen LogP contribution is -2.43. The normalized spacial score (nSPS) is 28.4. The van der Waals surface area contributed by atoms with E-state index in [9.17, 15) is 0 Å². The summed E-state index contributed by atoms with van der Waals surface area (Å²) in [6.45, 7) is 5.43. The molecule has 2 aliphatic heterocycles. The molecule has 2 rings (SSSR count). The van der Waals surface area contributed by atoms with Gasteiger partial charge in [0.2, 0.25) is 0 Å². The van der Waals surface area contributed by atoms with Gasteiger partial charge in [0.1, 0.15) is 0 Å². The molecule has 0 spiro atoms. The number of nitrogens with two attached hydrogens (primary N) is 1. The van der Waals surface area contributed by atoms with Gasteiger partial charge in [-0.25, -0.2) is 0 Å². The Morgan fingerprint density at radius 3 is 2.82 bits per heavy atom. The summed E-state index contributed by atoms with van der Waals surface area (Å²) >= 11 is 2.00. The fourth-order valence-corrected chi connectivity index (χ4v) is 3.44. The first-order chi connectivity index (χ1) is 8.25. The van der Waals surface area contributed by atoms with Gasteiger partial charge in [0, 0.05) is 37.7 Å². The summed E-state index contributed by atoms with van der Waals surface area (Å²) in [7, 11) is 2.20. The number of aliphatic imine (C=N–C) groups is 1. The number of hydrogen-bond acceptors (Lipinski definition) is 3. The van der Waals surface area contributed by atoms with E-state index in [0.29, 0.717) is 5.92 Å². The molecule has 98 valence electrons. The first-order valence-corrected chi connectivity index (χ1v) is 7.72. The van der Waals surface area contributed by atoms with Crippen LogP contribution in [0.3, 0.4) is 0 Å². The van der Waals surface area contributed by atoms with Crippen LogP contribution in [0.25, 0.3) is 0 Å². The van der Waals surface area contributed by atoms with E-state index in [-0.39, 0.29) is 0 Å². The van der Waals surface area contributed by atoms with Crippen LogP contribution in [0.1, 0.15) is 12.8 Å². The van der Waals surface area contributed by atoms with Crippen LogP contribution >= 0.6 is 11.8 Å². The summed E-state index contributed by atoms with van der Waals surface area (Å²) in [6, 6.07) is 0. The third-order valence-corrected chi connectivity index (χ3v) is 4.51. The number of nitrogens with zero attached hydrogens (tertiary/aromatic N) is 3. The number of guanidine groups is 1. The molecule has 2 N–H and O–H groups in total. The first-order valence-electron chi connectivity index (χ1n) is 6.57. The van der Waals surface area contributed by atoms with Crippen LogP contribution in [-0.2, 0) is 0 Å². The van der Waals surface area contributed by atoms with Crippen LogP contribution in [0.5, 0.6) is 0 Å². The summed E-state index contributed by atoms with van der Waals surface area (Å²) in [5.41, 5.74) is 6.05. The maximum atomic E-state index is 6.05. The zero-order valence-electron chi connectivity index (χ0n) is 10.8. The molecular formula is C12H24N4S. The van der Waals surface area contributed by atoms with Crippen molar-refractivity contribution in [3.05, 3.63) is 0 Å². The van der Waals surface area contributed by atoms with Gasteiger partial charge in [0.15, 0.2) is 5.96 Å². The van der Waals surface area contributed by atoms with Crippen LogP contribution in [-0.4, -0.2) is 67.0 Å². The third kappa shape index (κ3) is 4.07. The van der Waals surface area contributed by atoms with Gasteiger partial charge in [-0.1, -0.05) is 0 Å². The minimum absolute atomic E-state index is 0.700. The Kier molecular flexibility index (Phi) is 4.98. The van der Waals surface area contributed by atoms with Gasteiger partial charge in [-0.15, -0.1) is 0 Å². The molecule has 0 radical (unpaired) electrons. The molecule has 0 aromatic rings. The second-order valence-corrected chi connectivity index (χ2v) is 6.29. The van der Waals surface area contributed by atoms with E-state index in [2.05, 4.69) is 21.8 Å². The van der Waals surface area contributed by atoms with Crippen LogP contribution in [0, 0.1) is 5.92 Å². The molecule has 5 heteroatoms. The van der Waals surface area contributed by atoms with Gasteiger partial charge in [0.05, 0.1) is 0 Å². The molecule has 2 heterocycles. The second kappa shape index (κ2) is 6.50. The van der Waals surface area contributed by atoms with E-state index in [1.807, 2.05) is 11.8 Å². The summed E-state index contributed by atoms with van der Waals surface area (Å²) < 4.78 is 0. The van der Waals surface area contributed by atoms with Crippen LogP contribution in [0.4, 0.5) is 0 Å². The number of hydrogen-bond donors (Lipinski definition) is 1. The van der Waals surface area contributed by atoms with Gasteiger partial charge in [-0.3, -0.25) is 4.99 Å². The topological polar surface area (TPSA) is 44.9 Å². The lowest BCUT2D eigenvalue weighted by molar-refractivity contribution is 0.214. The van der Waals surface area contributed by atoms with Crippen molar-refractivity contribution in [1.29, 1.82) is 0 Å². The number of thioether (sulfide) groups is 1. The molecule has 0 bridgehead atoms. The Labute approximate surface area is 109 Å². The highest BCUT2D eigenvalue weighted by atomic mass is 32.2. The molecule has 0 saturated carbocycles. The quantitative estimate of drug-likeness (QED) is 0.583. The Bertz CT molecular complexity index is 263. The molecule has 2 fully saturated rings. The molecule has 1 unspecified atom stereocenters. The number of piperidine rings is 1. The molecule has 1 atom stereocenters. The monoisotopic (exact) mass is 256 g/mol. The van der Waals surface area contributed by atoms with Crippen molar-refractivity contribution < 1.29 is 0 Å². The lowest BCUT2D eigenvalue weighted by Gasteiger charge is -2.30. The van der Waals surface area contributed by atoms with Crippen molar-refractivity contribution in [3.63, 3.8) is 0 Å². The smallest absolute Gasteiger partial charge is 0.191 e. The van der Waals surface area contributed by atoms with Gasteiger partial charge in [-0.05, 0) is 32.4 Å². The third-order valence-electron chi connectivity index (χ3n) is 3.57. The molecule has 2 saturated heterocycles. The van der Waals surface area contributed by atoms with Crippen LogP contribution < -0.4 is 5.73 Å². The Morgan fingerprint density at radius 2 is 2.12 bits per heavy atom. The van der Waals surface area contributed by atoms with Crippen molar-refractivity contribution in [1.82, 2.24) is 9.80 Å². The highest BCUT2D eigenvalue weighted by Crippen LogP contribution is 2.15. The largest absolute Gasteiger partial charge is 0.370 e. The van der Waals surface area contributed by atoms with E-state index in [1.54, 1.807) is 0 Å². The molecule has 0 aromatic carbocycles. The zero-order chi connectivity index (χ0) is 12.1. The summed E-state index contributed by atoms with van der Waals surface area (Å²) in [6.07, 6.45) is 2.61. The van der Waals surface area contributed by atoms with E-state index in [1.165, 1.54) is 37.4 Å². The van der Waals surface area contributed by atoms with Crippen molar-refractivity contribution in [2.24, 2.45) is 16.6 Å². The minimum Gasteiger partial charge on any atom is -0.370 e. The summed E-state index contributed by atoms with van der Waals surface area (Å²) in [5.74, 6) is 3.83. The van der Waals surface area contributed by atoms with Gasteiger partial charge in [-0.2, -0.15) is 11.8 Å². The fourth-order valence-electron chi connectivity index (χ4n) is 2.54. The zero-order valence-corrected chi connectivity index (χ0v) is 11.6. The summed E-state index contributed by atoms with van der Waals surface area (Å²) in [4.78, 5) is 9.22. The predicted molar refractivity (Wildman–Crippen MR) is 75.6 cm³/mol. The number of likely N-dealkylation sites (tertiary alicyclic amines) is 1. The molecule has 4 nitrogen and oxygen atoms in total. The molecule has 0 aromatic heterocycles. The van der Waals surface area contributed by atoms with Crippen molar-refractivity contribution in [3.8, 4) is 0 Å². The standard InChI is InChI=1S/C12H24N4S/c1-15-4-2-3-11(10-15)9-14-12(13)16-5-7-17-8-6-16/h11H,2-10H2,1H3,(H2,13,14). The van der Waals surface area contributed by atoms with E-state index < -0.39 is 0 Å². The molecule has 0 amide bonds. The summed E-state index contributed by atoms with van der Waals surface area (Å²) in [5, 5.41) is 0. The maximum absolute atomic E-state index is 6.05. The van der Waals surface area contributed by atoms with Crippen molar-refractivity contribution in [2.75, 3.05) is 51.3 Å². The fraction of sp³-hybridized carbons (Fsp3) is 0.917. The average Bonchev–Trinajstić information content (AvgIpc) is 2.37. The Morgan fingerprint density at radius 1 is 1.35 bits per heavy atom. The second-order valence-electron chi connectivity index (χ2n) is 5.07. The van der Waals surface area contributed by atoms with E-state index in [4.69, 9.17) is 5.73 Å². The molecule has 17 heavy (non-hydrogen) atoms. The van der Waals surface area contributed by atoms with Gasteiger partial charge >= 0.3 is 0 Å². The molecule has 0 aliphatic carbocycles. The van der Waals surface area contributed by atoms with Gasteiger partial charge in [0.25, 0.3) is 0 Å². The Hall–Kier alpha value is -0.420. The van der Waals surface area contributed by atoms with Crippen LogP contribution in [0.15, 0.2) is 4.99 Å². The molecular weight excluding hydrogens is 232 g/mol. The molecule has 2 aliphatic rings. The number of rotatable bonds is 2. The highest BCUT2D eigenvalue weighted by molar-refractivity contribution is 7.99. The van der Waals surface area contributed by atoms with Gasteiger partial charge < -0.3 is 15.5 Å².